The average molecular weight is 234 g/mol. The molecule has 0 saturated carbocycles. The quantitative estimate of drug-likeness (QED) is 0.883. The molecule has 0 spiro atoms. The maximum Gasteiger partial charge on any atom is 0.198 e. The molecule has 1 aromatic carbocycles. The van der Waals surface area contributed by atoms with Crippen LogP contribution in [-0.4, -0.2) is 11.0 Å². The number of rotatable bonds is 4. The Balaban J connectivity index is 2.03. The van der Waals surface area contributed by atoms with Crippen molar-refractivity contribution >= 4 is 0 Å². The molecule has 2 rings (SSSR count). The lowest BCUT2D eigenvalue weighted by atomic mass is 10.1. The molecular weight excluding hydrogens is 219 g/mol. The standard InChI is InChI=1S/C13H15FN2O/c1-9(15)6-12-8-17-13(16-12)7-10-2-4-11(14)5-3-10/h2-5,8-9H,6-7,15H2,1H3. The summed E-state index contributed by atoms with van der Waals surface area (Å²) in [7, 11) is 0. The molecule has 0 saturated heterocycles. The zero-order valence-corrected chi connectivity index (χ0v) is 9.69. The molecule has 90 valence electrons. The Morgan fingerprint density at radius 2 is 2.06 bits per heavy atom. The van der Waals surface area contributed by atoms with Gasteiger partial charge in [-0.1, -0.05) is 12.1 Å². The summed E-state index contributed by atoms with van der Waals surface area (Å²) in [6.07, 6.45) is 2.90. The van der Waals surface area contributed by atoms with Gasteiger partial charge in [0, 0.05) is 18.9 Å². The monoisotopic (exact) mass is 234 g/mol. The Morgan fingerprint density at radius 3 is 2.71 bits per heavy atom. The van der Waals surface area contributed by atoms with E-state index >= 15 is 0 Å². The Bertz CT molecular complexity index is 476. The van der Waals surface area contributed by atoms with Gasteiger partial charge in [-0.3, -0.25) is 0 Å². The molecule has 2 aromatic rings. The van der Waals surface area contributed by atoms with Crippen LogP contribution in [0.3, 0.4) is 0 Å². The van der Waals surface area contributed by atoms with Gasteiger partial charge in [0.2, 0.25) is 0 Å². The highest BCUT2D eigenvalue weighted by atomic mass is 19.1. The topological polar surface area (TPSA) is 52.0 Å². The first-order valence-electron chi connectivity index (χ1n) is 5.57. The minimum Gasteiger partial charge on any atom is -0.448 e. The number of aromatic nitrogens is 1. The first-order valence-corrected chi connectivity index (χ1v) is 5.57. The molecule has 0 bridgehead atoms. The number of benzene rings is 1. The van der Waals surface area contributed by atoms with Gasteiger partial charge in [0.1, 0.15) is 12.1 Å². The summed E-state index contributed by atoms with van der Waals surface area (Å²) < 4.78 is 18.1. The highest BCUT2D eigenvalue weighted by Gasteiger charge is 2.06. The van der Waals surface area contributed by atoms with Crippen molar-refractivity contribution in [2.24, 2.45) is 5.73 Å². The van der Waals surface area contributed by atoms with Crippen molar-refractivity contribution < 1.29 is 8.81 Å². The van der Waals surface area contributed by atoms with Crippen LogP contribution in [0.5, 0.6) is 0 Å². The fourth-order valence-electron chi connectivity index (χ4n) is 1.63. The van der Waals surface area contributed by atoms with E-state index < -0.39 is 0 Å². The van der Waals surface area contributed by atoms with E-state index in [1.807, 2.05) is 6.92 Å². The minimum absolute atomic E-state index is 0.0683. The summed E-state index contributed by atoms with van der Waals surface area (Å²) in [6.45, 7) is 1.92. The van der Waals surface area contributed by atoms with Gasteiger partial charge in [-0.2, -0.15) is 0 Å². The van der Waals surface area contributed by atoms with Crippen LogP contribution in [0.2, 0.25) is 0 Å². The van der Waals surface area contributed by atoms with E-state index in [1.165, 1.54) is 12.1 Å². The van der Waals surface area contributed by atoms with Crippen LogP contribution < -0.4 is 5.73 Å². The van der Waals surface area contributed by atoms with Gasteiger partial charge in [0.25, 0.3) is 0 Å². The molecule has 17 heavy (non-hydrogen) atoms. The van der Waals surface area contributed by atoms with Gasteiger partial charge in [0.15, 0.2) is 5.89 Å². The van der Waals surface area contributed by atoms with Crippen LogP contribution in [0.25, 0.3) is 0 Å². The fourth-order valence-corrected chi connectivity index (χ4v) is 1.63. The van der Waals surface area contributed by atoms with E-state index in [4.69, 9.17) is 10.2 Å². The van der Waals surface area contributed by atoms with Crippen molar-refractivity contribution in [1.29, 1.82) is 0 Å². The van der Waals surface area contributed by atoms with Crippen LogP contribution >= 0.6 is 0 Å². The van der Waals surface area contributed by atoms with Crippen molar-refractivity contribution in [1.82, 2.24) is 4.98 Å². The predicted molar refractivity (Wildman–Crippen MR) is 63.1 cm³/mol. The number of nitrogens with two attached hydrogens (primary N) is 1. The van der Waals surface area contributed by atoms with Crippen LogP contribution in [0, 0.1) is 5.82 Å². The molecule has 0 aliphatic carbocycles. The lowest BCUT2D eigenvalue weighted by Crippen LogP contribution is -2.17. The third-order valence-corrected chi connectivity index (χ3v) is 2.40. The Kier molecular flexibility index (Phi) is 3.54. The van der Waals surface area contributed by atoms with Gasteiger partial charge >= 0.3 is 0 Å². The van der Waals surface area contributed by atoms with Gasteiger partial charge < -0.3 is 10.2 Å². The maximum atomic E-state index is 12.7. The molecule has 0 radical (unpaired) electrons. The van der Waals surface area contributed by atoms with Crippen molar-refractivity contribution in [3.05, 3.63) is 53.5 Å². The molecule has 0 aliphatic heterocycles. The number of nitrogens with zero attached hydrogens (tertiary/aromatic N) is 1. The zero-order valence-electron chi connectivity index (χ0n) is 9.69. The molecule has 1 atom stereocenters. The summed E-state index contributed by atoms with van der Waals surface area (Å²) in [6, 6.07) is 6.39. The Morgan fingerprint density at radius 1 is 1.35 bits per heavy atom. The van der Waals surface area contributed by atoms with E-state index in [2.05, 4.69) is 4.98 Å². The second kappa shape index (κ2) is 5.10. The summed E-state index contributed by atoms with van der Waals surface area (Å²) in [5.74, 6) is 0.394. The van der Waals surface area contributed by atoms with E-state index in [0.29, 0.717) is 18.7 Å². The second-order valence-electron chi connectivity index (χ2n) is 4.22. The molecular formula is C13H15FN2O. The molecule has 1 heterocycles. The van der Waals surface area contributed by atoms with Gasteiger partial charge in [-0.15, -0.1) is 0 Å². The van der Waals surface area contributed by atoms with Crippen molar-refractivity contribution in [2.75, 3.05) is 0 Å². The second-order valence-corrected chi connectivity index (χ2v) is 4.22. The third kappa shape index (κ3) is 3.39. The molecule has 2 N–H and O–H groups in total. The fraction of sp³-hybridized carbons (Fsp3) is 0.308. The highest BCUT2D eigenvalue weighted by molar-refractivity contribution is 5.19. The highest BCUT2D eigenvalue weighted by Crippen LogP contribution is 2.11. The lowest BCUT2D eigenvalue weighted by molar-refractivity contribution is 0.505. The van der Waals surface area contributed by atoms with Crippen LogP contribution in [0.1, 0.15) is 24.1 Å². The van der Waals surface area contributed by atoms with Crippen molar-refractivity contribution in [3.8, 4) is 0 Å². The first-order chi connectivity index (χ1) is 8.13. The van der Waals surface area contributed by atoms with Gasteiger partial charge in [-0.25, -0.2) is 9.37 Å². The van der Waals surface area contributed by atoms with Crippen LogP contribution in [-0.2, 0) is 12.8 Å². The number of oxazole rings is 1. The summed E-state index contributed by atoms with van der Waals surface area (Å²) in [5, 5.41) is 0. The molecule has 1 unspecified atom stereocenters. The molecule has 0 aliphatic rings. The first kappa shape index (κ1) is 11.8. The van der Waals surface area contributed by atoms with Crippen molar-refractivity contribution in [2.45, 2.75) is 25.8 Å². The molecule has 4 heteroatoms. The molecule has 3 nitrogen and oxygen atoms in total. The maximum absolute atomic E-state index is 12.7. The summed E-state index contributed by atoms with van der Waals surface area (Å²) in [5.41, 5.74) is 7.51. The van der Waals surface area contributed by atoms with E-state index in [-0.39, 0.29) is 11.9 Å². The van der Waals surface area contributed by atoms with Crippen LogP contribution in [0.4, 0.5) is 4.39 Å². The van der Waals surface area contributed by atoms with E-state index in [1.54, 1.807) is 18.4 Å². The number of hydrogen-bond donors (Lipinski definition) is 1. The van der Waals surface area contributed by atoms with E-state index in [9.17, 15) is 4.39 Å². The lowest BCUT2D eigenvalue weighted by Gasteiger charge is -1.99. The molecule has 0 fully saturated rings. The minimum atomic E-state index is -0.237. The predicted octanol–water partition coefficient (Wildman–Crippen LogP) is 2.29. The largest absolute Gasteiger partial charge is 0.448 e. The van der Waals surface area contributed by atoms with Gasteiger partial charge in [-0.05, 0) is 24.6 Å². The Hall–Kier alpha value is -1.68. The van der Waals surface area contributed by atoms with Crippen LogP contribution in [0.15, 0.2) is 34.9 Å². The smallest absolute Gasteiger partial charge is 0.198 e. The van der Waals surface area contributed by atoms with E-state index in [0.717, 1.165) is 11.3 Å². The number of hydrogen-bond acceptors (Lipinski definition) is 3. The molecule has 1 aromatic heterocycles. The molecule has 0 amide bonds. The SMILES string of the molecule is CC(N)Cc1coc(Cc2ccc(F)cc2)n1. The average Bonchev–Trinajstić information content (AvgIpc) is 2.68. The Labute approximate surface area is 99.5 Å². The summed E-state index contributed by atoms with van der Waals surface area (Å²) in [4.78, 5) is 4.33. The van der Waals surface area contributed by atoms with Crippen molar-refractivity contribution in [3.63, 3.8) is 0 Å². The zero-order chi connectivity index (χ0) is 12.3. The number of halogens is 1. The summed E-state index contributed by atoms with van der Waals surface area (Å²) >= 11 is 0. The third-order valence-electron chi connectivity index (χ3n) is 2.40. The normalized spacial score (nSPS) is 12.6. The van der Waals surface area contributed by atoms with Gasteiger partial charge in [0.05, 0.1) is 5.69 Å².